The summed E-state index contributed by atoms with van der Waals surface area (Å²) in [5.74, 6) is 7.19. The fraction of sp³-hybridized carbons (Fsp3) is 0.133. The van der Waals surface area contributed by atoms with E-state index in [2.05, 4.69) is 19.9 Å². The monoisotopic (exact) mass is 349 g/mol. The van der Waals surface area contributed by atoms with Crippen LogP contribution in [0.1, 0.15) is 5.56 Å². The Kier molecular flexibility index (Phi) is 4.90. The molecular formula is C15H13F2N5OS. The maximum atomic E-state index is 12.2. The number of hydrogen-bond donors (Lipinski definition) is 1. The molecular weight excluding hydrogens is 336 g/mol. The van der Waals surface area contributed by atoms with Gasteiger partial charge in [0.25, 0.3) is 0 Å². The maximum absolute atomic E-state index is 12.2. The lowest BCUT2D eigenvalue weighted by atomic mass is 10.2. The molecule has 0 spiro atoms. The molecule has 0 aliphatic rings. The van der Waals surface area contributed by atoms with Crippen LogP contribution in [-0.4, -0.2) is 26.5 Å². The summed E-state index contributed by atoms with van der Waals surface area (Å²) in [6.07, 6.45) is 3.48. The number of aromatic nitrogens is 4. The molecule has 0 amide bonds. The third-order valence-corrected chi connectivity index (χ3v) is 4.11. The molecule has 3 rings (SSSR count). The lowest BCUT2D eigenvalue weighted by molar-refractivity contribution is -0.0498. The first-order valence-electron chi connectivity index (χ1n) is 6.91. The fourth-order valence-corrected chi connectivity index (χ4v) is 2.78. The van der Waals surface area contributed by atoms with Crippen molar-refractivity contribution in [2.45, 2.75) is 17.5 Å². The molecule has 3 aromatic rings. The number of nitrogens with zero attached hydrogens (tertiary/aromatic N) is 4. The smallest absolute Gasteiger partial charge is 0.387 e. The summed E-state index contributed by atoms with van der Waals surface area (Å²) in [5, 5.41) is 8.65. The quantitative estimate of drug-likeness (QED) is 0.544. The zero-order chi connectivity index (χ0) is 16.9. The van der Waals surface area contributed by atoms with Gasteiger partial charge >= 0.3 is 6.61 Å². The van der Waals surface area contributed by atoms with Crippen molar-refractivity contribution in [1.82, 2.24) is 19.9 Å². The third kappa shape index (κ3) is 3.80. The molecule has 24 heavy (non-hydrogen) atoms. The number of pyridine rings is 1. The van der Waals surface area contributed by atoms with Crippen molar-refractivity contribution < 1.29 is 13.5 Å². The van der Waals surface area contributed by atoms with E-state index < -0.39 is 6.61 Å². The number of rotatable bonds is 6. The Morgan fingerprint density at radius 2 is 1.96 bits per heavy atom. The Morgan fingerprint density at radius 3 is 2.62 bits per heavy atom. The lowest BCUT2D eigenvalue weighted by Crippen LogP contribution is -2.11. The van der Waals surface area contributed by atoms with Crippen LogP contribution in [0.5, 0.6) is 5.75 Å². The summed E-state index contributed by atoms with van der Waals surface area (Å²) >= 11 is 1.43. The number of alkyl halides is 2. The largest absolute Gasteiger partial charge is 0.435 e. The van der Waals surface area contributed by atoms with Gasteiger partial charge in [0.05, 0.1) is 0 Å². The zero-order valence-electron chi connectivity index (χ0n) is 12.3. The fourth-order valence-electron chi connectivity index (χ4n) is 1.99. The summed E-state index contributed by atoms with van der Waals surface area (Å²) < 4.78 is 30.0. The van der Waals surface area contributed by atoms with Crippen LogP contribution < -0.4 is 10.6 Å². The van der Waals surface area contributed by atoms with Crippen molar-refractivity contribution in [2.75, 3.05) is 5.84 Å². The average molecular weight is 349 g/mol. The van der Waals surface area contributed by atoms with Gasteiger partial charge in [-0.25, -0.2) is 4.68 Å². The molecule has 2 aromatic heterocycles. The Labute approximate surface area is 140 Å². The first kappa shape index (κ1) is 16.2. The maximum Gasteiger partial charge on any atom is 0.387 e. The van der Waals surface area contributed by atoms with E-state index in [4.69, 9.17) is 5.84 Å². The highest BCUT2D eigenvalue weighted by molar-refractivity contribution is 7.98. The van der Waals surface area contributed by atoms with Crippen LogP contribution >= 0.6 is 11.8 Å². The van der Waals surface area contributed by atoms with E-state index in [1.165, 1.54) is 28.6 Å². The van der Waals surface area contributed by atoms with Gasteiger partial charge in [0, 0.05) is 23.7 Å². The van der Waals surface area contributed by atoms with Crippen molar-refractivity contribution >= 4 is 11.8 Å². The second-order valence-electron chi connectivity index (χ2n) is 4.73. The first-order valence-corrected chi connectivity index (χ1v) is 7.89. The van der Waals surface area contributed by atoms with Crippen LogP contribution in [0.25, 0.3) is 11.4 Å². The molecule has 0 aliphatic carbocycles. The Bertz CT molecular complexity index is 795. The summed E-state index contributed by atoms with van der Waals surface area (Å²) in [7, 11) is 0. The van der Waals surface area contributed by atoms with Crippen LogP contribution in [0.2, 0.25) is 0 Å². The number of nitrogen functional groups attached to an aromatic ring is 1. The average Bonchev–Trinajstić information content (AvgIpc) is 2.95. The number of thioether (sulfide) groups is 1. The number of hydrogen-bond acceptors (Lipinski definition) is 6. The Balaban J connectivity index is 1.72. The van der Waals surface area contributed by atoms with Crippen molar-refractivity contribution in [3.05, 3.63) is 54.4 Å². The van der Waals surface area contributed by atoms with E-state index in [1.807, 2.05) is 12.1 Å². The summed E-state index contributed by atoms with van der Waals surface area (Å²) in [4.78, 5) is 4.05. The van der Waals surface area contributed by atoms with Gasteiger partial charge in [-0.05, 0) is 35.9 Å². The molecule has 2 heterocycles. The second kappa shape index (κ2) is 7.26. The number of nitrogens with two attached hydrogens (primary N) is 1. The van der Waals surface area contributed by atoms with E-state index in [-0.39, 0.29) is 5.75 Å². The van der Waals surface area contributed by atoms with Gasteiger partial charge < -0.3 is 10.6 Å². The van der Waals surface area contributed by atoms with Gasteiger partial charge in [0.1, 0.15) is 5.75 Å². The summed E-state index contributed by atoms with van der Waals surface area (Å²) in [5.41, 5.74) is 1.69. The molecule has 0 saturated carbocycles. The molecule has 124 valence electrons. The van der Waals surface area contributed by atoms with Crippen LogP contribution in [0.4, 0.5) is 8.78 Å². The predicted molar refractivity (Wildman–Crippen MR) is 86.0 cm³/mol. The minimum absolute atomic E-state index is 0.0722. The van der Waals surface area contributed by atoms with Crippen molar-refractivity contribution in [3.63, 3.8) is 0 Å². The van der Waals surface area contributed by atoms with Crippen molar-refractivity contribution in [2.24, 2.45) is 0 Å². The van der Waals surface area contributed by atoms with Crippen molar-refractivity contribution in [1.29, 1.82) is 0 Å². The number of benzene rings is 1. The van der Waals surface area contributed by atoms with Crippen LogP contribution in [0.3, 0.4) is 0 Å². The molecule has 9 heteroatoms. The van der Waals surface area contributed by atoms with E-state index in [0.717, 1.165) is 5.56 Å². The molecule has 0 fully saturated rings. The molecule has 0 atom stereocenters. The molecule has 2 N–H and O–H groups in total. The van der Waals surface area contributed by atoms with Gasteiger partial charge in [-0.3, -0.25) is 4.98 Å². The lowest BCUT2D eigenvalue weighted by Gasteiger charge is -2.06. The first-order chi connectivity index (χ1) is 11.6. The molecule has 0 aliphatic heterocycles. The molecule has 0 saturated heterocycles. The number of ether oxygens (including phenoxy) is 1. The van der Waals surface area contributed by atoms with Gasteiger partial charge in [-0.15, -0.1) is 10.2 Å². The van der Waals surface area contributed by atoms with Gasteiger partial charge in [0.15, 0.2) is 5.82 Å². The number of halogens is 2. The van der Waals surface area contributed by atoms with Crippen molar-refractivity contribution in [3.8, 4) is 17.1 Å². The third-order valence-electron chi connectivity index (χ3n) is 3.09. The van der Waals surface area contributed by atoms with Gasteiger partial charge in [0.2, 0.25) is 5.16 Å². The highest BCUT2D eigenvalue weighted by Gasteiger charge is 2.13. The van der Waals surface area contributed by atoms with E-state index in [0.29, 0.717) is 22.3 Å². The van der Waals surface area contributed by atoms with Crippen LogP contribution in [-0.2, 0) is 5.75 Å². The SMILES string of the molecule is Nn1c(SCc2cccnc2)nnc1-c1ccc(OC(F)F)cc1. The normalized spacial score (nSPS) is 11.0. The molecule has 1 aromatic carbocycles. The van der Waals surface area contributed by atoms with E-state index in [9.17, 15) is 8.78 Å². The second-order valence-corrected chi connectivity index (χ2v) is 5.67. The molecule has 0 radical (unpaired) electrons. The Hall–Kier alpha value is -2.68. The van der Waals surface area contributed by atoms with Crippen LogP contribution in [0, 0.1) is 0 Å². The zero-order valence-corrected chi connectivity index (χ0v) is 13.2. The van der Waals surface area contributed by atoms with Gasteiger partial charge in [-0.2, -0.15) is 8.78 Å². The summed E-state index contributed by atoms with van der Waals surface area (Å²) in [6, 6.07) is 9.87. The van der Waals surface area contributed by atoms with Gasteiger partial charge in [-0.1, -0.05) is 17.8 Å². The molecule has 0 unspecified atom stereocenters. The summed E-state index contributed by atoms with van der Waals surface area (Å²) in [6.45, 7) is -2.86. The standard InChI is InChI=1S/C15H13F2N5OS/c16-14(17)23-12-5-3-11(4-6-12)13-20-21-15(22(13)18)24-9-10-2-1-7-19-8-10/h1-8,14H,9,18H2. The Morgan fingerprint density at radius 1 is 1.17 bits per heavy atom. The predicted octanol–water partition coefficient (Wildman–Crippen LogP) is 2.95. The molecule has 0 bridgehead atoms. The minimum atomic E-state index is -2.86. The highest BCUT2D eigenvalue weighted by atomic mass is 32.2. The highest BCUT2D eigenvalue weighted by Crippen LogP contribution is 2.25. The van der Waals surface area contributed by atoms with Crippen LogP contribution in [0.15, 0.2) is 53.9 Å². The minimum Gasteiger partial charge on any atom is -0.435 e. The molecule has 6 nitrogen and oxygen atoms in total. The topological polar surface area (TPSA) is 78.9 Å². The van der Waals surface area contributed by atoms with E-state index in [1.54, 1.807) is 24.5 Å². The van der Waals surface area contributed by atoms with E-state index >= 15 is 0 Å².